The first kappa shape index (κ1) is 23.1. The fourth-order valence-electron chi connectivity index (χ4n) is 3.51. The molecule has 2 amide bonds. The number of benzene rings is 2. The number of hydrogen-bond donors (Lipinski definition) is 2. The molecule has 0 fully saturated rings. The standard InChI is InChI=1S/C25H28N2O5/c1-25(2,3)32-24(31)26-20(22(28)27-15-7-10-21(27)23(29)30)16-17-11-13-19(14-12-17)18-8-5-4-6-9-18/h4-14,20-21H,15-16H2,1-3H3,(H,26,31)(H,29,30)/t20-,21-/m0/s1. The molecule has 0 saturated carbocycles. The van der Waals surface area contributed by atoms with Crippen LogP contribution in [-0.4, -0.2) is 52.2 Å². The molecule has 0 spiro atoms. The number of aliphatic carboxylic acids is 1. The maximum absolute atomic E-state index is 13.2. The number of amides is 2. The van der Waals surface area contributed by atoms with Crippen molar-refractivity contribution in [2.45, 2.75) is 44.9 Å². The van der Waals surface area contributed by atoms with Crippen molar-refractivity contribution in [3.8, 4) is 11.1 Å². The van der Waals surface area contributed by atoms with Crippen LogP contribution in [0, 0.1) is 0 Å². The molecule has 0 aliphatic carbocycles. The van der Waals surface area contributed by atoms with Crippen LogP contribution in [0.25, 0.3) is 11.1 Å². The van der Waals surface area contributed by atoms with E-state index in [-0.39, 0.29) is 13.0 Å². The maximum Gasteiger partial charge on any atom is 0.408 e. The molecular formula is C25H28N2O5. The van der Waals surface area contributed by atoms with Gasteiger partial charge in [-0.2, -0.15) is 0 Å². The largest absolute Gasteiger partial charge is 0.479 e. The van der Waals surface area contributed by atoms with Gasteiger partial charge in [0.1, 0.15) is 17.7 Å². The number of alkyl carbamates (subject to hydrolysis) is 1. The summed E-state index contributed by atoms with van der Waals surface area (Å²) in [5.74, 6) is -1.59. The van der Waals surface area contributed by atoms with Crippen LogP contribution >= 0.6 is 0 Å². The minimum atomic E-state index is -1.12. The molecule has 0 saturated heterocycles. The maximum atomic E-state index is 13.2. The summed E-state index contributed by atoms with van der Waals surface area (Å²) in [6.45, 7) is 5.37. The van der Waals surface area contributed by atoms with Crippen molar-refractivity contribution in [3.63, 3.8) is 0 Å². The first-order valence-corrected chi connectivity index (χ1v) is 10.5. The Morgan fingerprint density at radius 3 is 2.28 bits per heavy atom. The summed E-state index contributed by atoms with van der Waals surface area (Å²) in [5, 5.41) is 12.1. The molecule has 2 atom stereocenters. The second kappa shape index (κ2) is 9.68. The lowest BCUT2D eigenvalue weighted by Crippen LogP contribution is -2.53. The molecule has 0 radical (unpaired) electrons. The number of ether oxygens (including phenoxy) is 1. The molecule has 168 valence electrons. The van der Waals surface area contributed by atoms with Gasteiger partial charge >= 0.3 is 12.1 Å². The van der Waals surface area contributed by atoms with Crippen LogP contribution in [-0.2, 0) is 20.7 Å². The summed E-state index contributed by atoms with van der Waals surface area (Å²) < 4.78 is 5.32. The van der Waals surface area contributed by atoms with Gasteiger partial charge in [0.05, 0.1) is 0 Å². The molecule has 1 aliphatic rings. The zero-order valence-corrected chi connectivity index (χ0v) is 18.4. The van der Waals surface area contributed by atoms with Gasteiger partial charge in [-0.1, -0.05) is 66.7 Å². The molecule has 2 aromatic rings. The number of rotatable bonds is 6. The van der Waals surface area contributed by atoms with Crippen LogP contribution in [0.2, 0.25) is 0 Å². The predicted octanol–water partition coefficient (Wildman–Crippen LogP) is 3.64. The average molecular weight is 437 g/mol. The van der Waals surface area contributed by atoms with Crippen molar-refractivity contribution in [2.75, 3.05) is 6.54 Å². The molecule has 32 heavy (non-hydrogen) atoms. The minimum absolute atomic E-state index is 0.176. The average Bonchev–Trinajstić information content (AvgIpc) is 3.23. The quantitative estimate of drug-likeness (QED) is 0.674. The number of carboxylic acid groups (broad SMARTS) is 1. The van der Waals surface area contributed by atoms with E-state index >= 15 is 0 Å². The molecule has 0 unspecified atom stereocenters. The third kappa shape index (κ3) is 5.97. The topological polar surface area (TPSA) is 95.9 Å². The number of nitrogens with one attached hydrogen (secondary N) is 1. The van der Waals surface area contributed by atoms with Crippen molar-refractivity contribution in [1.82, 2.24) is 10.2 Å². The summed E-state index contributed by atoms with van der Waals surface area (Å²) in [7, 11) is 0. The molecule has 7 heteroatoms. The molecular weight excluding hydrogens is 408 g/mol. The SMILES string of the molecule is CC(C)(C)OC(=O)N[C@@H](Cc1ccc(-c2ccccc2)cc1)C(=O)N1CC=C[C@H]1C(=O)O. The minimum Gasteiger partial charge on any atom is -0.479 e. The zero-order valence-electron chi connectivity index (χ0n) is 18.4. The van der Waals surface area contributed by atoms with Gasteiger partial charge in [0.2, 0.25) is 5.91 Å². The number of nitrogens with zero attached hydrogens (tertiary/aromatic N) is 1. The van der Waals surface area contributed by atoms with E-state index in [1.807, 2.05) is 54.6 Å². The summed E-state index contributed by atoms with van der Waals surface area (Å²) in [6, 6.07) is 15.6. The third-order valence-electron chi connectivity index (χ3n) is 4.98. The Labute approximate surface area is 187 Å². The van der Waals surface area contributed by atoms with Gasteiger partial charge in [-0.3, -0.25) is 4.79 Å². The number of carbonyl (C=O) groups is 3. The van der Waals surface area contributed by atoms with Crippen LogP contribution in [0.3, 0.4) is 0 Å². The van der Waals surface area contributed by atoms with Crippen LogP contribution in [0.1, 0.15) is 26.3 Å². The second-order valence-electron chi connectivity index (χ2n) is 8.67. The van der Waals surface area contributed by atoms with Crippen molar-refractivity contribution in [1.29, 1.82) is 0 Å². The molecule has 1 aliphatic heterocycles. The van der Waals surface area contributed by atoms with Gasteiger partial charge in [-0.15, -0.1) is 0 Å². The van der Waals surface area contributed by atoms with Crippen LogP contribution in [0.15, 0.2) is 66.7 Å². The molecule has 7 nitrogen and oxygen atoms in total. The van der Waals surface area contributed by atoms with Gasteiger partial charge in [0.15, 0.2) is 0 Å². The molecule has 2 N–H and O–H groups in total. The lowest BCUT2D eigenvalue weighted by Gasteiger charge is -2.28. The van der Waals surface area contributed by atoms with Crippen molar-refractivity contribution < 1.29 is 24.2 Å². The highest BCUT2D eigenvalue weighted by Crippen LogP contribution is 2.21. The molecule has 0 aromatic heterocycles. The van der Waals surface area contributed by atoms with Gasteiger partial charge in [0, 0.05) is 13.0 Å². The fourth-order valence-corrected chi connectivity index (χ4v) is 3.51. The van der Waals surface area contributed by atoms with E-state index in [1.165, 1.54) is 11.0 Å². The Bertz CT molecular complexity index is 993. The molecule has 3 rings (SSSR count). The van der Waals surface area contributed by atoms with E-state index in [9.17, 15) is 19.5 Å². The number of carbonyl (C=O) groups excluding carboxylic acids is 2. The Morgan fingerprint density at radius 1 is 1.06 bits per heavy atom. The van der Waals surface area contributed by atoms with E-state index in [4.69, 9.17) is 4.74 Å². The summed E-state index contributed by atoms with van der Waals surface area (Å²) >= 11 is 0. The van der Waals surface area contributed by atoms with E-state index in [1.54, 1.807) is 26.8 Å². The number of carboxylic acids is 1. The smallest absolute Gasteiger partial charge is 0.408 e. The van der Waals surface area contributed by atoms with Crippen molar-refractivity contribution >= 4 is 18.0 Å². The summed E-state index contributed by atoms with van der Waals surface area (Å²) in [5.41, 5.74) is 2.21. The van der Waals surface area contributed by atoms with E-state index < -0.39 is 35.7 Å². The lowest BCUT2D eigenvalue weighted by molar-refractivity contribution is -0.147. The van der Waals surface area contributed by atoms with E-state index in [0.29, 0.717) is 0 Å². The van der Waals surface area contributed by atoms with Gasteiger partial charge < -0.3 is 20.1 Å². The van der Waals surface area contributed by atoms with Crippen molar-refractivity contribution in [2.24, 2.45) is 0 Å². The van der Waals surface area contributed by atoms with Crippen LogP contribution in [0.4, 0.5) is 4.79 Å². The normalized spacial score (nSPS) is 16.5. The first-order valence-electron chi connectivity index (χ1n) is 10.5. The van der Waals surface area contributed by atoms with Gasteiger partial charge in [-0.05, 0) is 37.5 Å². The Morgan fingerprint density at radius 2 is 1.69 bits per heavy atom. The van der Waals surface area contributed by atoms with E-state index in [2.05, 4.69) is 5.32 Å². The first-order chi connectivity index (χ1) is 15.1. The summed E-state index contributed by atoms with van der Waals surface area (Å²) in [6.07, 6.45) is 2.58. The van der Waals surface area contributed by atoms with Crippen LogP contribution in [0.5, 0.6) is 0 Å². The van der Waals surface area contributed by atoms with Crippen LogP contribution < -0.4 is 5.32 Å². The highest BCUT2D eigenvalue weighted by atomic mass is 16.6. The Kier molecular flexibility index (Phi) is 6.98. The van der Waals surface area contributed by atoms with E-state index in [0.717, 1.165) is 16.7 Å². The lowest BCUT2D eigenvalue weighted by atomic mass is 10.00. The second-order valence-corrected chi connectivity index (χ2v) is 8.67. The Balaban J connectivity index is 1.79. The van der Waals surface area contributed by atoms with Gasteiger partial charge in [0.25, 0.3) is 0 Å². The Hall–Kier alpha value is -3.61. The molecule has 0 bridgehead atoms. The van der Waals surface area contributed by atoms with Gasteiger partial charge in [-0.25, -0.2) is 9.59 Å². The number of hydrogen-bond acceptors (Lipinski definition) is 4. The molecule has 2 aromatic carbocycles. The monoisotopic (exact) mass is 436 g/mol. The fraction of sp³-hybridized carbons (Fsp3) is 0.320. The highest BCUT2D eigenvalue weighted by Gasteiger charge is 2.35. The third-order valence-corrected chi connectivity index (χ3v) is 4.98. The molecule has 1 heterocycles. The zero-order chi connectivity index (χ0) is 23.3. The van der Waals surface area contributed by atoms with Crippen molar-refractivity contribution in [3.05, 3.63) is 72.3 Å². The predicted molar refractivity (Wildman–Crippen MR) is 121 cm³/mol. The highest BCUT2D eigenvalue weighted by molar-refractivity contribution is 5.91. The summed E-state index contributed by atoms with van der Waals surface area (Å²) in [4.78, 5) is 38.4.